The van der Waals surface area contributed by atoms with Gasteiger partial charge in [-0.05, 0) is 36.2 Å². The van der Waals surface area contributed by atoms with E-state index >= 15 is 0 Å². The van der Waals surface area contributed by atoms with Crippen LogP contribution in [0.5, 0.6) is 11.5 Å². The van der Waals surface area contributed by atoms with Gasteiger partial charge < -0.3 is 15.2 Å². The fraction of sp³-hybridized carbons (Fsp3) is 0.312. The molecule has 1 atom stereocenters. The number of aromatic nitrogens is 1. The van der Waals surface area contributed by atoms with E-state index in [4.69, 9.17) is 15.2 Å². The lowest BCUT2D eigenvalue weighted by Gasteiger charge is -2.14. The summed E-state index contributed by atoms with van der Waals surface area (Å²) in [7, 11) is 3.24. The van der Waals surface area contributed by atoms with Crippen LogP contribution in [-0.2, 0) is 6.42 Å². The Morgan fingerprint density at radius 2 is 1.85 bits per heavy atom. The highest BCUT2D eigenvalue weighted by Gasteiger charge is 2.11. The number of pyridine rings is 1. The van der Waals surface area contributed by atoms with Crippen LogP contribution in [-0.4, -0.2) is 19.2 Å². The van der Waals surface area contributed by atoms with Crippen LogP contribution in [0, 0.1) is 6.92 Å². The molecule has 0 saturated heterocycles. The molecule has 0 aliphatic carbocycles. The summed E-state index contributed by atoms with van der Waals surface area (Å²) in [5.41, 5.74) is 9.38. The smallest absolute Gasteiger partial charge is 0.161 e. The van der Waals surface area contributed by atoms with Crippen molar-refractivity contribution in [2.75, 3.05) is 14.2 Å². The molecule has 106 valence electrons. The van der Waals surface area contributed by atoms with E-state index in [1.807, 2.05) is 43.5 Å². The summed E-state index contributed by atoms with van der Waals surface area (Å²) < 4.78 is 10.5. The van der Waals surface area contributed by atoms with Gasteiger partial charge in [0.25, 0.3) is 0 Å². The Bertz CT molecular complexity index is 567. The van der Waals surface area contributed by atoms with Gasteiger partial charge in [0.15, 0.2) is 11.5 Å². The Hall–Kier alpha value is -2.07. The van der Waals surface area contributed by atoms with Crippen LogP contribution in [0.15, 0.2) is 36.5 Å². The second-order valence-electron chi connectivity index (χ2n) is 4.75. The van der Waals surface area contributed by atoms with E-state index in [1.54, 1.807) is 14.2 Å². The maximum absolute atomic E-state index is 6.24. The summed E-state index contributed by atoms with van der Waals surface area (Å²) in [4.78, 5) is 4.38. The standard InChI is InChI=1S/C16H20N2O2/c1-11-4-6-13(18-10-11)9-14(17)12-5-7-15(19-2)16(8-12)20-3/h4-8,10,14H,9,17H2,1-3H3. The minimum absolute atomic E-state index is 0.120. The molecule has 0 radical (unpaired) electrons. The Morgan fingerprint density at radius 1 is 1.10 bits per heavy atom. The van der Waals surface area contributed by atoms with Gasteiger partial charge in [-0.25, -0.2) is 0 Å². The molecule has 0 spiro atoms. The van der Waals surface area contributed by atoms with Crippen molar-refractivity contribution in [3.63, 3.8) is 0 Å². The summed E-state index contributed by atoms with van der Waals surface area (Å²) >= 11 is 0. The van der Waals surface area contributed by atoms with E-state index < -0.39 is 0 Å². The molecule has 2 aromatic rings. The lowest BCUT2D eigenvalue weighted by molar-refractivity contribution is 0.354. The van der Waals surface area contributed by atoms with E-state index in [9.17, 15) is 0 Å². The van der Waals surface area contributed by atoms with Crippen molar-refractivity contribution in [1.29, 1.82) is 0 Å². The van der Waals surface area contributed by atoms with Crippen molar-refractivity contribution in [3.8, 4) is 11.5 Å². The molecular formula is C16H20N2O2. The molecule has 4 nitrogen and oxygen atoms in total. The van der Waals surface area contributed by atoms with Crippen molar-refractivity contribution < 1.29 is 9.47 Å². The zero-order valence-corrected chi connectivity index (χ0v) is 12.1. The van der Waals surface area contributed by atoms with Crippen molar-refractivity contribution in [1.82, 2.24) is 4.98 Å². The van der Waals surface area contributed by atoms with Crippen LogP contribution >= 0.6 is 0 Å². The number of ether oxygens (including phenoxy) is 2. The highest BCUT2D eigenvalue weighted by Crippen LogP contribution is 2.30. The molecule has 0 aliphatic rings. The van der Waals surface area contributed by atoms with Crippen LogP contribution in [0.3, 0.4) is 0 Å². The number of nitrogens with two attached hydrogens (primary N) is 1. The highest BCUT2D eigenvalue weighted by molar-refractivity contribution is 5.43. The number of benzene rings is 1. The van der Waals surface area contributed by atoms with Gasteiger partial charge in [0.05, 0.1) is 14.2 Å². The van der Waals surface area contributed by atoms with Crippen LogP contribution in [0.4, 0.5) is 0 Å². The molecule has 1 aromatic carbocycles. The van der Waals surface area contributed by atoms with E-state index in [0.29, 0.717) is 17.9 Å². The lowest BCUT2D eigenvalue weighted by atomic mass is 10.0. The molecule has 4 heteroatoms. The quantitative estimate of drug-likeness (QED) is 0.909. The van der Waals surface area contributed by atoms with Gasteiger partial charge >= 0.3 is 0 Å². The average molecular weight is 272 g/mol. The molecule has 20 heavy (non-hydrogen) atoms. The minimum Gasteiger partial charge on any atom is -0.493 e. The summed E-state index contributed by atoms with van der Waals surface area (Å²) in [5.74, 6) is 1.40. The van der Waals surface area contributed by atoms with Crippen LogP contribution in [0.25, 0.3) is 0 Å². The number of hydrogen-bond acceptors (Lipinski definition) is 4. The zero-order chi connectivity index (χ0) is 14.5. The van der Waals surface area contributed by atoms with Crippen LogP contribution in [0.1, 0.15) is 22.9 Å². The SMILES string of the molecule is COc1ccc(C(N)Cc2ccc(C)cn2)cc1OC. The minimum atomic E-state index is -0.120. The Morgan fingerprint density at radius 3 is 2.45 bits per heavy atom. The molecule has 1 heterocycles. The number of aryl methyl sites for hydroxylation is 1. The monoisotopic (exact) mass is 272 g/mol. The number of methoxy groups -OCH3 is 2. The van der Waals surface area contributed by atoms with E-state index in [0.717, 1.165) is 16.8 Å². The average Bonchev–Trinajstić information content (AvgIpc) is 2.48. The zero-order valence-electron chi connectivity index (χ0n) is 12.1. The molecule has 1 unspecified atom stereocenters. The third kappa shape index (κ3) is 3.27. The number of nitrogens with zero attached hydrogens (tertiary/aromatic N) is 1. The first kappa shape index (κ1) is 14.3. The third-order valence-corrected chi connectivity index (χ3v) is 3.24. The van der Waals surface area contributed by atoms with Crippen molar-refractivity contribution in [2.24, 2.45) is 5.73 Å². The fourth-order valence-electron chi connectivity index (χ4n) is 2.05. The molecule has 0 bridgehead atoms. The van der Waals surface area contributed by atoms with Crippen LogP contribution in [0.2, 0.25) is 0 Å². The maximum atomic E-state index is 6.24. The first-order valence-electron chi connectivity index (χ1n) is 6.53. The summed E-state index contributed by atoms with van der Waals surface area (Å²) in [6.45, 7) is 2.02. The van der Waals surface area contributed by atoms with Gasteiger partial charge in [-0.3, -0.25) is 4.98 Å². The molecule has 2 N–H and O–H groups in total. The van der Waals surface area contributed by atoms with Crippen LogP contribution < -0.4 is 15.2 Å². The number of rotatable bonds is 5. The van der Waals surface area contributed by atoms with Gasteiger partial charge in [0, 0.05) is 24.4 Å². The van der Waals surface area contributed by atoms with E-state index in [-0.39, 0.29) is 6.04 Å². The molecule has 0 aliphatic heterocycles. The molecule has 0 saturated carbocycles. The Kier molecular flexibility index (Phi) is 4.58. The normalized spacial score (nSPS) is 12.0. The first-order valence-corrected chi connectivity index (χ1v) is 6.53. The largest absolute Gasteiger partial charge is 0.493 e. The molecule has 2 rings (SSSR count). The van der Waals surface area contributed by atoms with Crippen molar-refractivity contribution in [2.45, 2.75) is 19.4 Å². The second-order valence-corrected chi connectivity index (χ2v) is 4.75. The first-order chi connectivity index (χ1) is 9.63. The highest BCUT2D eigenvalue weighted by atomic mass is 16.5. The predicted octanol–water partition coefficient (Wildman–Crippen LogP) is 2.65. The summed E-state index contributed by atoms with van der Waals surface area (Å²) in [6.07, 6.45) is 2.55. The predicted molar refractivity (Wildman–Crippen MR) is 79.2 cm³/mol. The topological polar surface area (TPSA) is 57.4 Å². The Balaban J connectivity index is 2.16. The summed E-state index contributed by atoms with van der Waals surface area (Å²) in [5, 5.41) is 0. The van der Waals surface area contributed by atoms with Gasteiger partial charge in [0.1, 0.15) is 0 Å². The molecule has 1 aromatic heterocycles. The van der Waals surface area contributed by atoms with Crippen molar-refractivity contribution >= 4 is 0 Å². The lowest BCUT2D eigenvalue weighted by Crippen LogP contribution is -2.14. The van der Waals surface area contributed by atoms with Crippen molar-refractivity contribution in [3.05, 3.63) is 53.3 Å². The van der Waals surface area contributed by atoms with Gasteiger partial charge in [0.2, 0.25) is 0 Å². The molecular weight excluding hydrogens is 252 g/mol. The van der Waals surface area contributed by atoms with E-state index in [2.05, 4.69) is 4.98 Å². The Labute approximate surface area is 119 Å². The number of hydrogen-bond donors (Lipinski definition) is 1. The summed E-state index contributed by atoms with van der Waals surface area (Å²) in [6, 6.07) is 9.68. The molecule has 0 fully saturated rings. The maximum Gasteiger partial charge on any atom is 0.161 e. The second kappa shape index (κ2) is 6.39. The fourth-order valence-corrected chi connectivity index (χ4v) is 2.05. The van der Waals surface area contributed by atoms with E-state index in [1.165, 1.54) is 0 Å². The third-order valence-electron chi connectivity index (χ3n) is 3.24. The van der Waals surface area contributed by atoms with Gasteiger partial charge in [-0.1, -0.05) is 12.1 Å². The van der Waals surface area contributed by atoms with Gasteiger partial charge in [-0.15, -0.1) is 0 Å². The molecule has 0 amide bonds. The van der Waals surface area contributed by atoms with Gasteiger partial charge in [-0.2, -0.15) is 0 Å².